The average molecular weight is 224 g/mol. The van der Waals surface area contributed by atoms with E-state index in [4.69, 9.17) is 0 Å². The van der Waals surface area contributed by atoms with Crippen molar-refractivity contribution in [2.75, 3.05) is 26.2 Å². The molecule has 90 valence electrons. The number of carbonyl (C=O) groups excluding carboxylic acids is 1. The SMILES string of the molecule is CC(C(=O)N1CCC(C)C1CO)=C1CNC1. The van der Waals surface area contributed by atoms with Crippen molar-refractivity contribution in [2.45, 2.75) is 26.3 Å². The van der Waals surface area contributed by atoms with Crippen LogP contribution in [0.4, 0.5) is 0 Å². The molecule has 2 aliphatic rings. The molecule has 1 amide bonds. The Morgan fingerprint density at radius 2 is 2.25 bits per heavy atom. The second-order valence-electron chi connectivity index (χ2n) is 4.85. The maximum Gasteiger partial charge on any atom is 0.249 e. The number of aliphatic hydroxyl groups is 1. The van der Waals surface area contributed by atoms with Crippen LogP contribution in [0.15, 0.2) is 11.1 Å². The Labute approximate surface area is 96.3 Å². The van der Waals surface area contributed by atoms with Gasteiger partial charge in [-0.2, -0.15) is 0 Å². The summed E-state index contributed by atoms with van der Waals surface area (Å²) in [5.74, 6) is 0.520. The fourth-order valence-corrected chi connectivity index (χ4v) is 2.42. The molecular formula is C12H20N2O2. The van der Waals surface area contributed by atoms with Gasteiger partial charge >= 0.3 is 0 Å². The molecule has 0 aromatic carbocycles. The van der Waals surface area contributed by atoms with Gasteiger partial charge in [-0.05, 0) is 24.8 Å². The molecule has 4 heteroatoms. The van der Waals surface area contributed by atoms with Gasteiger partial charge in [-0.25, -0.2) is 0 Å². The number of nitrogens with zero attached hydrogens (tertiary/aromatic N) is 1. The third kappa shape index (κ3) is 1.87. The Bertz CT molecular complexity index is 319. The normalized spacial score (nSPS) is 29.2. The molecule has 2 N–H and O–H groups in total. The van der Waals surface area contributed by atoms with Crippen molar-refractivity contribution in [2.24, 2.45) is 5.92 Å². The van der Waals surface area contributed by atoms with Gasteiger partial charge in [0.25, 0.3) is 0 Å². The molecule has 0 aromatic rings. The Morgan fingerprint density at radius 1 is 1.56 bits per heavy atom. The van der Waals surface area contributed by atoms with E-state index in [9.17, 15) is 9.90 Å². The smallest absolute Gasteiger partial charge is 0.249 e. The third-order valence-corrected chi connectivity index (χ3v) is 3.86. The van der Waals surface area contributed by atoms with Crippen molar-refractivity contribution in [1.82, 2.24) is 10.2 Å². The zero-order valence-corrected chi connectivity index (χ0v) is 9.99. The molecule has 0 radical (unpaired) electrons. The second kappa shape index (κ2) is 4.55. The van der Waals surface area contributed by atoms with Crippen LogP contribution in [0.3, 0.4) is 0 Å². The van der Waals surface area contributed by atoms with E-state index in [1.165, 1.54) is 5.57 Å². The van der Waals surface area contributed by atoms with Crippen molar-refractivity contribution in [1.29, 1.82) is 0 Å². The van der Waals surface area contributed by atoms with Gasteiger partial charge in [0.05, 0.1) is 12.6 Å². The maximum atomic E-state index is 12.2. The van der Waals surface area contributed by atoms with Crippen LogP contribution in [-0.2, 0) is 4.79 Å². The van der Waals surface area contributed by atoms with E-state index >= 15 is 0 Å². The van der Waals surface area contributed by atoms with Gasteiger partial charge in [0.2, 0.25) is 5.91 Å². The second-order valence-corrected chi connectivity index (χ2v) is 4.85. The first kappa shape index (κ1) is 11.6. The fraction of sp³-hybridized carbons (Fsp3) is 0.750. The molecule has 2 aliphatic heterocycles. The van der Waals surface area contributed by atoms with E-state index < -0.39 is 0 Å². The van der Waals surface area contributed by atoms with E-state index in [-0.39, 0.29) is 18.6 Å². The number of rotatable bonds is 2. The van der Waals surface area contributed by atoms with Crippen LogP contribution in [0.5, 0.6) is 0 Å². The average Bonchev–Trinajstić information content (AvgIpc) is 2.55. The first-order valence-corrected chi connectivity index (χ1v) is 5.96. The summed E-state index contributed by atoms with van der Waals surface area (Å²) < 4.78 is 0. The summed E-state index contributed by atoms with van der Waals surface area (Å²) in [5.41, 5.74) is 2.08. The highest BCUT2D eigenvalue weighted by Crippen LogP contribution is 2.26. The van der Waals surface area contributed by atoms with Gasteiger partial charge in [-0.3, -0.25) is 4.79 Å². The van der Waals surface area contributed by atoms with Gasteiger partial charge in [0.1, 0.15) is 0 Å². The number of hydrogen-bond donors (Lipinski definition) is 2. The first-order valence-electron chi connectivity index (χ1n) is 5.96. The number of likely N-dealkylation sites (tertiary alicyclic amines) is 1. The van der Waals surface area contributed by atoms with Crippen LogP contribution in [0.25, 0.3) is 0 Å². The standard InChI is InChI=1S/C12H20N2O2/c1-8-3-4-14(11(8)7-15)12(16)9(2)10-5-13-6-10/h8,11,13,15H,3-7H2,1-2H3. The van der Waals surface area contributed by atoms with Crippen molar-refractivity contribution >= 4 is 5.91 Å². The minimum Gasteiger partial charge on any atom is -0.394 e. The number of hydrogen-bond acceptors (Lipinski definition) is 3. The molecule has 0 bridgehead atoms. The zero-order valence-electron chi connectivity index (χ0n) is 9.99. The summed E-state index contributed by atoms with van der Waals surface area (Å²) in [6.07, 6.45) is 0.998. The topological polar surface area (TPSA) is 52.6 Å². The first-order chi connectivity index (χ1) is 7.65. The summed E-state index contributed by atoms with van der Waals surface area (Å²) in [4.78, 5) is 14.1. The van der Waals surface area contributed by atoms with Crippen LogP contribution in [0.1, 0.15) is 20.3 Å². The third-order valence-electron chi connectivity index (χ3n) is 3.86. The summed E-state index contributed by atoms with van der Waals surface area (Å²) in [5, 5.41) is 12.5. The van der Waals surface area contributed by atoms with Crippen molar-refractivity contribution < 1.29 is 9.90 Å². The summed E-state index contributed by atoms with van der Waals surface area (Å²) >= 11 is 0. The molecule has 2 saturated heterocycles. The molecule has 0 aromatic heterocycles. The van der Waals surface area contributed by atoms with Gasteiger partial charge in [0, 0.05) is 25.2 Å². The molecular weight excluding hydrogens is 204 g/mol. The highest BCUT2D eigenvalue weighted by molar-refractivity contribution is 5.94. The molecule has 2 atom stereocenters. The Balaban J connectivity index is 2.10. The van der Waals surface area contributed by atoms with E-state index in [2.05, 4.69) is 12.2 Å². The van der Waals surface area contributed by atoms with Crippen LogP contribution in [-0.4, -0.2) is 48.2 Å². The highest BCUT2D eigenvalue weighted by Gasteiger charge is 2.35. The molecule has 2 fully saturated rings. The Morgan fingerprint density at radius 3 is 2.75 bits per heavy atom. The zero-order chi connectivity index (χ0) is 11.7. The molecule has 0 saturated carbocycles. The van der Waals surface area contributed by atoms with E-state index in [1.807, 2.05) is 11.8 Å². The predicted molar refractivity (Wildman–Crippen MR) is 61.9 cm³/mol. The lowest BCUT2D eigenvalue weighted by Gasteiger charge is -2.28. The van der Waals surface area contributed by atoms with E-state index in [1.54, 1.807) is 0 Å². The van der Waals surface area contributed by atoms with Crippen LogP contribution < -0.4 is 5.32 Å². The van der Waals surface area contributed by atoms with Gasteiger partial charge in [0.15, 0.2) is 0 Å². The largest absolute Gasteiger partial charge is 0.394 e. The minimum atomic E-state index is 0.0103. The molecule has 0 aliphatic carbocycles. The lowest BCUT2D eigenvalue weighted by molar-refractivity contribution is -0.129. The van der Waals surface area contributed by atoms with Crippen molar-refractivity contribution in [3.63, 3.8) is 0 Å². The summed E-state index contributed by atoms with van der Waals surface area (Å²) in [7, 11) is 0. The number of carbonyl (C=O) groups is 1. The van der Waals surface area contributed by atoms with Crippen LogP contribution >= 0.6 is 0 Å². The molecule has 2 heterocycles. The number of aliphatic hydroxyl groups excluding tert-OH is 1. The summed E-state index contributed by atoms with van der Waals surface area (Å²) in [6, 6.07) is 0.0103. The minimum absolute atomic E-state index is 0.0103. The quantitative estimate of drug-likeness (QED) is 0.656. The van der Waals surface area contributed by atoms with E-state index in [0.717, 1.165) is 31.6 Å². The summed E-state index contributed by atoms with van der Waals surface area (Å²) in [6.45, 7) is 6.53. The molecule has 0 spiro atoms. The van der Waals surface area contributed by atoms with Crippen molar-refractivity contribution in [3.8, 4) is 0 Å². The number of nitrogens with one attached hydrogen (secondary N) is 1. The lowest BCUT2D eigenvalue weighted by Crippen LogP contribution is -2.43. The number of amides is 1. The monoisotopic (exact) mass is 224 g/mol. The van der Waals surface area contributed by atoms with Crippen LogP contribution in [0.2, 0.25) is 0 Å². The van der Waals surface area contributed by atoms with Gasteiger partial charge in [-0.15, -0.1) is 0 Å². The van der Waals surface area contributed by atoms with Gasteiger partial charge < -0.3 is 15.3 Å². The highest BCUT2D eigenvalue weighted by atomic mass is 16.3. The molecule has 2 rings (SSSR count). The lowest BCUT2D eigenvalue weighted by atomic mass is 10.0. The molecule has 16 heavy (non-hydrogen) atoms. The fourth-order valence-electron chi connectivity index (χ4n) is 2.42. The predicted octanol–water partition coefficient (Wildman–Crippen LogP) is 0.135. The maximum absolute atomic E-state index is 12.2. The molecule has 4 nitrogen and oxygen atoms in total. The van der Waals surface area contributed by atoms with Crippen LogP contribution in [0, 0.1) is 5.92 Å². The van der Waals surface area contributed by atoms with Gasteiger partial charge in [-0.1, -0.05) is 6.92 Å². The van der Waals surface area contributed by atoms with E-state index in [0.29, 0.717) is 5.92 Å². The molecule has 2 unspecified atom stereocenters. The van der Waals surface area contributed by atoms with Crippen molar-refractivity contribution in [3.05, 3.63) is 11.1 Å². The Kier molecular flexibility index (Phi) is 3.30. The Hall–Kier alpha value is -0.870.